The normalized spacial score (nSPS) is 20.7. The van der Waals surface area contributed by atoms with E-state index in [-0.39, 0.29) is 23.5 Å². The fraction of sp³-hybridized carbons (Fsp3) is 0.391. The first-order valence-electron chi connectivity index (χ1n) is 10.1. The molecule has 2 aromatic rings. The van der Waals surface area contributed by atoms with Crippen molar-refractivity contribution in [2.75, 3.05) is 7.05 Å². The van der Waals surface area contributed by atoms with E-state index in [1.807, 2.05) is 30.3 Å². The van der Waals surface area contributed by atoms with E-state index in [1.165, 1.54) is 7.05 Å². The van der Waals surface area contributed by atoms with Gasteiger partial charge in [0.15, 0.2) is 0 Å². The Morgan fingerprint density at radius 1 is 1.27 bits per heavy atom. The van der Waals surface area contributed by atoms with Crippen molar-refractivity contribution in [1.82, 2.24) is 15.2 Å². The molecule has 1 aliphatic heterocycles. The maximum atomic E-state index is 12.7. The number of amides is 3. The molecule has 1 aromatic carbocycles. The number of hydrogen-bond donors (Lipinski definition) is 1. The third-order valence-corrected chi connectivity index (χ3v) is 6.74. The molecule has 30 heavy (non-hydrogen) atoms. The number of hydrogen-bond acceptors (Lipinski definition) is 5. The van der Waals surface area contributed by atoms with Crippen molar-refractivity contribution in [3.8, 4) is 11.8 Å². The van der Waals surface area contributed by atoms with Crippen molar-refractivity contribution >= 4 is 39.7 Å². The summed E-state index contributed by atoms with van der Waals surface area (Å²) in [6.45, 7) is 0. The average molecular weight is 422 g/mol. The Kier molecular flexibility index (Phi) is 5.78. The van der Waals surface area contributed by atoms with E-state index >= 15 is 0 Å². The molecular formula is C23H23N3O3S. The van der Waals surface area contributed by atoms with Crippen molar-refractivity contribution in [3.05, 3.63) is 42.1 Å². The fourth-order valence-electron chi connectivity index (χ4n) is 3.94. The predicted octanol–water partition coefficient (Wildman–Crippen LogP) is 3.49. The highest BCUT2D eigenvalue weighted by atomic mass is 32.2. The summed E-state index contributed by atoms with van der Waals surface area (Å²) in [6.07, 6.45) is 6.39. The van der Waals surface area contributed by atoms with Crippen LogP contribution >= 0.6 is 11.8 Å². The molecule has 4 rings (SSSR count). The van der Waals surface area contributed by atoms with Crippen LogP contribution in [0.5, 0.6) is 0 Å². The van der Waals surface area contributed by atoms with Gasteiger partial charge >= 0.3 is 0 Å². The van der Waals surface area contributed by atoms with E-state index in [0.717, 1.165) is 65.2 Å². The van der Waals surface area contributed by atoms with Crippen LogP contribution in [0.3, 0.4) is 0 Å². The minimum Gasteiger partial charge on any atom is -0.340 e. The van der Waals surface area contributed by atoms with Crippen LogP contribution in [0.2, 0.25) is 0 Å². The quantitative estimate of drug-likeness (QED) is 0.768. The first kappa shape index (κ1) is 20.4. The van der Waals surface area contributed by atoms with Crippen molar-refractivity contribution < 1.29 is 14.4 Å². The molecule has 0 radical (unpaired) electrons. The second-order valence-corrected chi connectivity index (χ2v) is 8.99. The zero-order chi connectivity index (χ0) is 21.1. The maximum Gasteiger partial charge on any atom is 0.288 e. The van der Waals surface area contributed by atoms with Gasteiger partial charge in [0.05, 0.1) is 5.52 Å². The molecule has 3 amide bonds. The first-order valence-corrected chi connectivity index (χ1v) is 11.0. The van der Waals surface area contributed by atoms with Crippen LogP contribution in [-0.2, 0) is 9.59 Å². The lowest BCUT2D eigenvalue weighted by Crippen LogP contribution is -2.49. The van der Waals surface area contributed by atoms with Crippen LogP contribution in [0.4, 0.5) is 4.79 Å². The molecule has 1 aromatic heterocycles. The molecule has 1 saturated carbocycles. The Morgan fingerprint density at radius 2 is 2.03 bits per heavy atom. The Bertz CT molecular complexity index is 1070. The Labute approximate surface area is 179 Å². The number of rotatable bonds is 3. The number of nitrogens with zero attached hydrogens (tertiary/aromatic N) is 2. The fourth-order valence-corrected chi connectivity index (χ4v) is 4.93. The number of carbonyl (C=O) groups is 3. The number of fused-ring (bicyclic) bond motifs is 1. The highest BCUT2D eigenvalue weighted by molar-refractivity contribution is 8.15. The van der Waals surface area contributed by atoms with Gasteiger partial charge in [0.1, 0.15) is 10.8 Å². The molecule has 0 spiro atoms. The van der Waals surface area contributed by atoms with Crippen LogP contribution in [0.1, 0.15) is 44.1 Å². The molecule has 154 valence electrons. The van der Waals surface area contributed by atoms with E-state index in [9.17, 15) is 14.4 Å². The summed E-state index contributed by atoms with van der Waals surface area (Å²) >= 11 is 0.915. The summed E-state index contributed by atoms with van der Waals surface area (Å²) in [6, 6.07) is 9.88. The van der Waals surface area contributed by atoms with E-state index in [4.69, 9.17) is 0 Å². The maximum absolute atomic E-state index is 12.7. The van der Waals surface area contributed by atoms with Gasteiger partial charge in [-0.3, -0.25) is 24.3 Å². The third kappa shape index (κ3) is 4.34. The molecule has 6 nitrogen and oxygen atoms in total. The second-order valence-electron chi connectivity index (χ2n) is 7.83. The number of pyridine rings is 1. The molecule has 2 aliphatic rings. The highest BCUT2D eigenvalue weighted by Gasteiger charge is 2.40. The molecule has 0 bridgehead atoms. The van der Waals surface area contributed by atoms with Gasteiger partial charge in [-0.2, -0.15) is 0 Å². The number of imide groups is 1. The van der Waals surface area contributed by atoms with Gasteiger partial charge < -0.3 is 5.32 Å². The number of aromatic nitrogens is 1. The van der Waals surface area contributed by atoms with Crippen molar-refractivity contribution in [3.63, 3.8) is 0 Å². The van der Waals surface area contributed by atoms with E-state index in [0.29, 0.717) is 0 Å². The topological polar surface area (TPSA) is 79.4 Å². The summed E-state index contributed by atoms with van der Waals surface area (Å²) in [5.41, 5.74) is 1.12. The lowest BCUT2D eigenvalue weighted by molar-refractivity contribution is -0.129. The Balaban J connectivity index is 1.51. The molecule has 0 unspecified atom stereocenters. The van der Waals surface area contributed by atoms with E-state index in [2.05, 4.69) is 22.1 Å². The number of carbonyl (C=O) groups excluding carboxylic acids is 3. The van der Waals surface area contributed by atoms with Gasteiger partial charge in [-0.1, -0.05) is 61.1 Å². The lowest BCUT2D eigenvalue weighted by atomic mass is 9.81. The lowest BCUT2D eigenvalue weighted by Gasteiger charge is -2.33. The molecule has 2 fully saturated rings. The standard InChI is InChI=1S/C23H23N3O3S/c1-26-21(28)19(30-22(26)29)14-20(27)25-23(10-5-2-6-11-23)12-9-16-13-17-7-3-4-8-18(17)24-15-16/h3-4,7-8,13,15,19H,2,5-6,10-11,14H2,1H3,(H,25,27)/t19-/m1/s1. The van der Waals surface area contributed by atoms with Gasteiger partial charge in [-0.15, -0.1) is 0 Å². The predicted molar refractivity (Wildman–Crippen MR) is 117 cm³/mol. The smallest absolute Gasteiger partial charge is 0.288 e. The van der Waals surface area contributed by atoms with Crippen molar-refractivity contribution in [2.45, 2.75) is 49.3 Å². The molecule has 1 aliphatic carbocycles. The van der Waals surface area contributed by atoms with Gasteiger partial charge in [0.2, 0.25) is 11.8 Å². The molecule has 1 atom stereocenters. The zero-order valence-electron chi connectivity index (χ0n) is 16.8. The zero-order valence-corrected chi connectivity index (χ0v) is 17.6. The van der Waals surface area contributed by atoms with Crippen LogP contribution in [0.25, 0.3) is 10.9 Å². The van der Waals surface area contributed by atoms with Crippen LogP contribution in [0, 0.1) is 11.8 Å². The highest BCUT2D eigenvalue weighted by Crippen LogP contribution is 2.30. The van der Waals surface area contributed by atoms with E-state index < -0.39 is 10.8 Å². The number of benzene rings is 1. The molecule has 7 heteroatoms. The van der Waals surface area contributed by atoms with Crippen molar-refractivity contribution in [2.24, 2.45) is 0 Å². The Morgan fingerprint density at radius 3 is 2.77 bits per heavy atom. The minimum atomic E-state index is -0.652. The van der Waals surface area contributed by atoms with Gasteiger partial charge in [-0.25, -0.2) is 0 Å². The van der Waals surface area contributed by atoms with Gasteiger partial charge in [-0.05, 0) is 25.0 Å². The van der Waals surface area contributed by atoms with Crippen LogP contribution in [-0.4, -0.2) is 44.8 Å². The summed E-state index contributed by atoms with van der Waals surface area (Å²) in [5.74, 6) is 5.96. The van der Waals surface area contributed by atoms with Crippen molar-refractivity contribution in [1.29, 1.82) is 0 Å². The monoisotopic (exact) mass is 421 g/mol. The summed E-state index contributed by atoms with van der Waals surface area (Å²) < 4.78 is 0. The Hall–Kier alpha value is -2.85. The molecule has 1 saturated heterocycles. The summed E-state index contributed by atoms with van der Waals surface area (Å²) in [5, 5.41) is 3.15. The molecule has 2 heterocycles. The van der Waals surface area contributed by atoms with Gasteiger partial charge in [0, 0.05) is 30.6 Å². The number of thioether (sulfide) groups is 1. The second kappa shape index (κ2) is 8.49. The minimum absolute atomic E-state index is 0.0134. The summed E-state index contributed by atoms with van der Waals surface area (Å²) in [7, 11) is 1.45. The molecular weight excluding hydrogens is 398 g/mol. The summed E-state index contributed by atoms with van der Waals surface area (Å²) in [4.78, 5) is 42.1. The van der Waals surface area contributed by atoms with Crippen LogP contribution in [0.15, 0.2) is 36.5 Å². The van der Waals surface area contributed by atoms with Gasteiger partial charge in [0.25, 0.3) is 5.24 Å². The first-order chi connectivity index (χ1) is 14.5. The van der Waals surface area contributed by atoms with Crippen LogP contribution < -0.4 is 5.32 Å². The number of para-hydroxylation sites is 1. The SMILES string of the molecule is CN1C(=O)S[C@H](CC(=O)NC2(C#Cc3cnc4ccccc4c3)CCCCC2)C1=O. The average Bonchev–Trinajstić information content (AvgIpc) is 2.99. The third-order valence-electron chi connectivity index (χ3n) is 5.62. The largest absolute Gasteiger partial charge is 0.340 e. The van der Waals surface area contributed by atoms with E-state index in [1.54, 1.807) is 6.20 Å². The number of nitrogens with one attached hydrogen (secondary N) is 1. The molecule has 1 N–H and O–H groups in total.